The topological polar surface area (TPSA) is 27.7 Å². The molecule has 1 aromatic carbocycles. The molecule has 1 heterocycles. The first-order valence-electron chi connectivity index (χ1n) is 8.99. The van der Waals surface area contributed by atoms with Gasteiger partial charge in [0.25, 0.3) is 0 Å². The average Bonchev–Trinajstić information content (AvgIpc) is 2.72. The Morgan fingerprint density at radius 1 is 1.04 bits per heavy atom. The van der Waals surface area contributed by atoms with Gasteiger partial charge in [-0.3, -0.25) is 0 Å². The van der Waals surface area contributed by atoms with E-state index >= 15 is 0 Å². The molecule has 2 rings (SSSR count). The van der Waals surface area contributed by atoms with Crippen LogP contribution in [-0.2, 0) is 14.0 Å². The monoisotopic (exact) mass is 348 g/mol. The molecule has 0 radical (unpaired) electrons. The molecule has 0 spiro atoms. The van der Waals surface area contributed by atoms with Gasteiger partial charge in [0, 0.05) is 13.7 Å². The molecule has 3 nitrogen and oxygen atoms in total. The standard InChI is InChI=1S/C19H33BO3Si/c1-18(2)19(3,4)23-20(22-18)16(13-14-21-5)15-24(6,7)17-11-9-8-10-12-17/h8-12,16H,13-15H2,1-7H3. The van der Waals surface area contributed by atoms with Crippen molar-refractivity contribution < 1.29 is 14.0 Å². The fraction of sp³-hybridized carbons (Fsp3) is 0.684. The third-order valence-electron chi connectivity index (χ3n) is 5.68. The summed E-state index contributed by atoms with van der Waals surface area (Å²) in [7, 11) is 0.0445. The van der Waals surface area contributed by atoms with Crippen LogP contribution in [0.25, 0.3) is 0 Å². The summed E-state index contributed by atoms with van der Waals surface area (Å²) in [6.45, 7) is 14.1. The second kappa shape index (κ2) is 7.32. The maximum Gasteiger partial charge on any atom is 0.460 e. The van der Waals surface area contributed by atoms with Gasteiger partial charge in [-0.1, -0.05) is 54.7 Å². The van der Waals surface area contributed by atoms with Crippen molar-refractivity contribution in [1.82, 2.24) is 0 Å². The summed E-state index contributed by atoms with van der Waals surface area (Å²) in [5.74, 6) is 0.355. The van der Waals surface area contributed by atoms with Gasteiger partial charge in [0.05, 0.1) is 19.3 Å². The Morgan fingerprint density at radius 2 is 1.58 bits per heavy atom. The number of methoxy groups -OCH3 is 1. The second-order valence-electron chi connectivity index (χ2n) is 8.62. The number of benzene rings is 1. The van der Waals surface area contributed by atoms with Gasteiger partial charge in [-0.15, -0.1) is 0 Å². The molecule has 1 saturated heterocycles. The van der Waals surface area contributed by atoms with Crippen molar-refractivity contribution >= 4 is 20.4 Å². The molecule has 1 aliphatic heterocycles. The van der Waals surface area contributed by atoms with Gasteiger partial charge >= 0.3 is 7.12 Å². The molecule has 0 aromatic heterocycles. The lowest BCUT2D eigenvalue weighted by Crippen LogP contribution is -2.44. The maximum absolute atomic E-state index is 6.35. The van der Waals surface area contributed by atoms with Crippen molar-refractivity contribution in [1.29, 1.82) is 0 Å². The van der Waals surface area contributed by atoms with Crippen molar-refractivity contribution in [3.63, 3.8) is 0 Å². The molecular weight excluding hydrogens is 315 g/mol. The molecule has 1 unspecified atom stereocenters. The SMILES string of the molecule is COCCC(C[Si](C)(C)c1ccccc1)B1OC(C)(C)C(C)(C)O1. The van der Waals surface area contributed by atoms with Gasteiger partial charge in [0.1, 0.15) is 0 Å². The molecule has 0 amide bonds. The molecule has 0 N–H and O–H groups in total. The van der Waals surface area contributed by atoms with Crippen molar-refractivity contribution in [2.45, 2.75) is 70.3 Å². The fourth-order valence-electron chi connectivity index (χ4n) is 3.35. The first kappa shape index (κ1) is 19.7. The predicted molar refractivity (Wildman–Crippen MR) is 105 cm³/mol. The van der Waals surface area contributed by atoms with Crippen LogP contribution in [0.3, 0.4) is 0 Å². The normalized spacial score (nSPS) is 21.0. The Labute approximate surface area is 149 Å². The quantitative estimate of drug-likeness (QED) is 0.695. The summed E-state index contributed by atoms with van der Waals surface area (Å²) < 4.78 is 18.1. The number of hydrogen-bond acceptors (Lipinski definition) is 3. The molecule has 5 heteroatoms. The van der Waals surface area contributed by atoms with E-state index in [-0.39, 0.29) is 18.3 Å². The Bertz CT molecular complexity index is 515. The van der Waals surface area contributed by atoms with Crippen LogP contribution in [0.1, 0.15) is 34.1 Å². The molecular formula is C19H33BO3Si. The Balaban J connectivity index is 2.17. The van der Waals surface area contributed by atoms with E-state index in [9.17, 15) is 0 Å². The van der Waals surface area contributed by atoms with E-state index in [1.807, 2.05) is 0 Å². The lowest BCUT2D eigenvalue weighted by molar-refractivity contribution is 0.00578. The molecule has 24 heavy (non-hydrogen) atoms. The van der Waals surface area contributed by atoms with Gasteiger partial charge in [-0.25, -0.2) is 0 Å². The third-order valence-corrected chi connectivity index (χ3v) is 9.12. The van der Waals surface area contributed by atoms with E-state index < -0.39 is 8.07 Å². The first-order valence-corrected chi connectivity index (χ1v) is 12.2. The largest absolute Gasteiger partial charge is 0.460 e. The van der Waals surface area contributed by atoms with Gasteiger partial charge in [-0.05, 0) is 39.9 Å². The van der Waals surface area contributed by atoms with Gasteiger partial charge in [0.15, 0.2) is 0 Å². The minimum Gasteiger partial charge on any atom is -0.403 e. The average molecular weight is 348 g/mol. The molecule has 0 bridgehead atoms. The van der Waals surface area contributed by atoms with Crippen molar-refractivity contribution in [3.05, 3.63) is 30.3 Å². The maximum atomic E-state index is 6.35. The molecule has 1 fully saturated rings. The predicted octanol–water partition coefficient (Wildman–Crippen LogP) is 4.10. The van der Waals surface area contributed by atoms with Crippen LogP contribution < -0.4 is 5.19 Å². The smallest absolute Gasteiger partial charge is 0.403 e. The van der Waals surface area contributed by atoms with E-state index in [2.05, 4.69) is 71.1 Å². The van der Waals surface area contributed by atoms with Gasteiger partial charge in [-0.2, -0.15) is 0 Å². The van der Waals surface area contributed by atoms with Gasteiger partial charge < -0.3 is 14.0 Å². The molecule has 0 aliphatic carbocycles. The summed E-state index contributed by atoms with van der Waals surface area (Å²) >= 11 is 0. The number of hydrogen-bond donors (Lipinski definition) is 0. The first-order chi connectivity index (χ1) is 11.1. The van der Waals surface area contributed by atoms with Crippen LogP contribution >= 0.6 is 0 Å². The van der Waals surface area contributed by atoms with Crippen molar-refractivity contribution in [3.8, 4) is 0 Å². The summed E-state index contributed by atoms with van der Waals surface area (Å²) in [6.07, 6.45) is 0.969. The Kier molecular flexibility index (Phi) is 6.01. The van der Waals surface area contributed by atoms with Gasteiger partial charge in [0.2, 0.25) is 0 Å². The molecule has 134 valence electrons. The molecule has 0 saturated carbocycles. The van der Waals surface area contributed by atoms with Crippen LogP contribution in [0.5, 0.6) is 0 Å². The van der Waals surface area contributed by atoms with Crippen LogP contribution in [-0.4, -0.2) is 40.1 Å². The molecule has 1 atom stereocenters. The minimum absolute atomic E-state index is 0.152. The minimum atomic E-state index is -1.57. The van der Waals surface area contributed by atoms with Crippen LogP contribution in [0.2, 0.25) is 25.0 Å². The zero-order chi connectivity index (χ0) is 18.0. The summed E-state index contributed by atoms with van der Waals surface area (Å²) in [5.41, 5.74) is -0.553. The highest BCUT2D eigenvalue weighted by atomic mass is 28.3. The Morgan fingerprint density at radius 3 is 2.08 bits per heavy atom. The van der Waals surface area contributed by atoms with Crippen LogP contribution in [0, 0.1) is 0 Å². The lowest BCUT2D eigenvalue weighted by atomic mass is 9.71. The summed E-state index contributed by atoms with van der Waals surface area (Å²) in [5, 5.41) is 1.49. The second-order valence-corrected chi connectivity index (χ2v) is 13.4. The van der Waals surface area contributed by atoms with E-state index in [0.29, 0.717) is 5.82 Å². The molecule has 1 aliphatic rings. The third kappa shape index (κ3) is 4.31. The fourth-order valence-corrected chi connectivity index (χ4v) is 6.39. The molecule has 1 aromatic rings. The number of rotatable bonds is 7. The van der Waals surface area contributed by atoms with Crippen molar-refractivity contribution in [2.24, 2.45) is 0 Å². The van der Waals surface area contributed by atoms with Crippen molar-refractivity contribution in [2.75, 3.05) is 13.7 Å². The zero-order valence-electron chi connectivity index (χ0n) is 16.4. The number of ether oxygens (including phenoxy) is 1. The Hall–Kier alpha value is -0.618. The summed E-state index contributed by atoms with van der Waals surface area (Å²) in [6, 6.07) is 12.0. The van der Waals surface area contributed by atoms with E-state index in [4.69, 9.17) is 14.0 Å². The summed E-state index contributed by atoms with van der Waals surface area (Å²) in [4.78, 5) is 0. The highest BCUT2D eigenvalue weighted by Gasteiger charge is 2.54. The highest BCUT2D eigenvalue weighted by Crippen LogP contribution is 2.43. The van der Waals surface area contributed by atoms with Crippen LogP contribution in [0.4, 0.5) is 0 Å². The van der Waals surface area contributed by atoms with E-state index in [0.717, 1.165) is 19.1 Å². The van der Waals surface area contributed by atoms with Crippen LogP contribution in [0.15, 0.2) is 30.3 Å². The van der Waals surface area contributed by atoms with E-state index in [1.165, 1.54) is 5.19 Å². The lowest BCUT2D eigenvalue weighted by Gasteiger charge is -2.32. The highest BCUT2D eigenvalue weighted by molar-refractivity contribution is 6.90. The van der Waals surface area contributed by atoms with E-state index in [1.54, 1.807) is 7.11 Å². The zero-order valence-corrected chi connectivity index (χ0v) is 17.4.